The van der Waals surface area contributed by atoms with Crippen molar-refractivity contribution in [2.24, 2.45) is 4.99 Å². The van der Waals surface area contributed by atoms with Gasteiger partial charge in [0.05, 0.1) is 12.7 Å². The normalized spacial score (nSPS) is 16.3. The van der Waals surface area contributed by atoms with E-state index in [-0.39, 0.29) is 24.0 Å². The van der Waals surface area contributed by atoms with Gasteiger partial charge in [0.1, 0.15) is 0 Å². The number of hydrogen-bond donors (Lipinski definition) is 2. The number of benzene rings is 1. The molecule has 1 saturated heterocycles. The van der Waals surface area contributed by atoms with Gasteiger partial charge in [-0.15, -0.1) is 24.0 Å². The van der Waals surface area contributed by atoms with Gasteiger partial charge in [-0.25, -0.2) is 0 Å². The van der Waals surface area contributed by atoms with Gasteiger partial charge >= 0.3 is 0 Å². The van der Waals surface area contributed by atoms with Crippen LogP contribution in [-0.4, -0.2) is 62.8 Å². The van der Waals surface area contributed by atoms with Crippen molar-refractivity contribution in [2.75, 3.05) is 39.8 Å². The van der Waals surface area contributed by atoms with E-state index in [2.05, 4.69) is 65.6 Å². The molecule has 27 heavy (non-hydrogen) atoms. The Kier molecular flexibility index (Phi) is 11.9. The molecule has 2 rings (SSSR count). The van der Waals surface area contributed by atoms with Crippen LogP contribution in [0.3, 0.4) is 0 Å². The number of likely N-dealkylation sites (tertiary alicyclic amines) is 1. The second-order valence-electron chi connectivity index (χ2n) is 7.41. The zero-order chi connectivity index (χ0) is 18.8. The maximum absolute atomic E-state index is 5.65. The lowest BCUT2D eigenvalue weighted by molar-refractivity contribution is 0.0532. The van der Waals surface area contributed by atoms with E-state index in [1.165, 1.54) is 11.1 Å². The largest absolute Gasteiger partial charge is 0.377 e. The van der Waals surface area contributed by atoms with Gasteiger partial charge in [-0.3, -0.25) is 4.99 Å². The Bertz CT molecular complexity index is 540. The topological polar surface area (TPSA) is 48.9 Å². The Labute approximate surface area is 182 Å². The first-order valence-corrected chi connectivity index (χ1v) is 9.93. The fourth-order valence-corrected chi connectivity index (χ4v) is 3.19. The molecule has 154 valence electrons. The Hall–Kier alpha value is -0.860. The Morgan fingerprint density at radius 2 is 1.89 bits per heavy atom. The minimum Gasteiger partial charge on any atom is -0.377 e. The third kappa shape index (κ3) is 9.76. The minimum absolute atomic E-state index is 0. The molecule has 0 amide bonds. The van der Waals surface area contributed by atoms with Gasteiger partial charge < -0.3 is 20.3 Å². The zero-order valence-corrected chi connectivity index (χ0v) is 19.7. The highest BCUT2D eigenvalue weighted by Gasteiger charge is 2.19. The molecule has 1 aliphatic heterocycles. The third-order valence-corrected chi connectivity index (χ3v) is 4.84. The zero-order valence-electron chi connectivity index (χ0n) is 17.3. The number of piperidine rings is 1. The highest BCUT2D eigenvalue weighted by molar-refractivity contribution is 14.0. The molecule has 5 nitrogen and oxygen atoms in total. The molecule has 1 fully saturated rings. The van der Waals surface area contributed by atoms with Crippen molar-refractivity contribution in [2.45, 2.75) is 52.2 Å². The first-order valence-electron chi connectivity index (χ1n) is 9.93. The third-order valence-electron chi connectivity index (χ3n) is 4.84. The van der Waals surface area contributed by atoms with Crippen LogP contribution < -0.4 is 10.6 Å². The summed E-state index contributed by atoms with van der Waals surface area (Å²) in [5.41, 5.74) is 2.66. The minimum atomic E-state index is 0. The molecule has 0 unspecified atom stereocenters. The standard InChI is InChI=1S/C21H36N4O.HI/c1-17(2)26-16-15-25-13-10-20(11-14-25)24-21(22-4)23-12-9-19-7-5-18(3)6-8-19;/h5-8,17,20H,9-16H2,1-4H3,(H2,22,23,24);1H. The monoisotopic (exact) mass is 488 g/mol. The van der Waals surface area contributed by atoms with E-state index in [0.717, 1.165) is 58.0 Å². The summed E-state index contributed by atoms with van der Waals surface area (Å²) >= 11 is 0. The van der Waals surface area contributed by atoms with E-state index >= 15 is 0 Å². The first-order chi connectivity index (χ1) is 12.6. The second-order valence-corrected chi connectivity index (χ2v) is 7.41. The van der Waals surface area contributed by atoms with Crippen LogP contribution in [0.1, 0.15) is 37.8 Å². The highest BCUT2D eigenvalue weighted by Crippen LogP contribution is 2.10. The number of nitrogens with zero attached hydrogens (tertiary/aromatic N) is 2. The SMILES string of the molecule is CN=C(NCCc1ccc(C)cc1)NC1CCN(CCOC(C)C)CC1.I. The van der Waals surface area contributed by atoms with E-state index in [1.54, 1.807) is 0 Å². The van der Waals surface area contributed by atoms with E-state index in [1.807, 2.05) is 7.05 Å². The number of nitrogens with one attached hydrogen (secondary N) is 2. The van der Waals surface area contributed by atoms with Crippen LogP contribution in [0, 0.1) is 6.92 Å². The fraction of sp³-hybridized carbons (Fsp3) is 0.667. The smallest absolute Gasteiger partial charge is 0.191 e. The van der Waals surface area contributed by atoms with E-state index < -0.39 is 0 Å². The lowest BCUT2D eigenvalue weighted by Crippen LogP contribution is -2.49. The summed E-state index contributed by atoms with van der Waals surface area (Å²) in [5, 5.41) is 7.02. The van der Waals surface area contributed by atoms with Gasteiger partial charge in [0.15, 0.2) is 5.96 Å². The second kappa shape index (κ2) is 13.3. The predicted molar refractivity (Wildman–Crippen MR) is 125 cm³/mol. The molecule has 0 aromatic heterocycles. The van der Waals surface area contributed by atoms with Gasteiger partial charge in [0, 0.05) is 39.3 Å². The van der Waals surface area contributed by atoms with Crippen molar-refractivity contribution in [3.63, 3.8) is 0 Å². The van der Waals surface area contributed by atoms with Gasteiger partial charge in [-0.05, 0) is 45.6 Å². The summed E-state index contributed by atoms with van der Waals surface area (Å²) in [5.74, 6) is 0.915. The summed E-state index contributed by atoms with van der Waals surface area (Å²) in [6.45, 7) is 11.3. The molecule has 1 aromatic carbocycles. The number of hydrogen-bond acceptors (Lipinski definition) is 3. The van der Waals surface area contributed by atoms with Crippen LogP contribution in [0.15, 0.2) is 29.3 Å². The Morgan fingerprint density at radius 1 is 1.22 bits per heavy atom. The van der Waals surface area contributed by atoms with Crippen LogP contribution in [0.4, 0.5) is 0 Å². The van der Waals surface area contributed by atoms with Crippen LogP contribution in [0.5, 0.6) is 0 Å². The average molecular weight is 488 g/mol. The van der Waals surface area contributed by atoms with Crippen molar-refractivity contribution in [1.29, 1.82) is 0 Å². The molecular formula is C21H37IN4O. The number of rotatable bonds is 8. The van der Waals surface area contributed by atoms with Crippen LogP contribution in [-0.2, 0) is 11.2 Å². The van der Waals surface area contributed by atoms with Crippen LogP contribution in [0.25, 0.3) is 0 Å². The Balaban J connectivity index is 0.00000364. The summed E-state index contributed by atoms with van der Waals surface area (Å²) in [4.78, 5) is 6.87. The van der Waals surface area contributed by atoms with Crippen LogP contribution in [0.2, 0.25) is 0 Å². The number of halogens is 1. The summed E-state index contributed by atoms with van der Waals surface area (Å²) in [7, 11) is 1.85. The molecule has 0 radical (unpaired) electrons. The molecular weight excluding hydrogens is 451 g/mol. The summed E-state index contributed by atoms with van der Waals surface area (Å²) in [6.07, 6.45) is 3.64. The molecule has 6 heteroatoms. The summed E-state index contributed by atoms with van der Waals surface area (Å²) in [6, 6.07) is 9.24. The number of ether oxygens (including phenoxy) is 1. The van der Waals surface area contributed by atoms with Crippen molar-refractivity contribution in [3.05, 3.63) is 35.4 Å². The molecule has 0 spiro atoms. The van der Waals surface area contributed by atoms with E-state index in [0.29, 0.717) is 12.1 Å². The molecule has 1 heterocycles. The predicted octanol–water partition coefficient (Wildman–Crippen LogP) is 3.21. The van der Waals surface area contributed by atoms with Crippen molar-refractivity contribution in [1.82, 2.24) is 15.5 Å². The number of aliphatic imine (C=N–C) groups is 1. The van der Waals surface area contributed by atoms with Gasteiger partial charge in [0.25, 0.3) is 0 Å². The number of aryl methyl sites for hydroxylation is 1. The molecule has 0 saturated carbocycles. The number of guanidine groups is 1. The Morgan fingerprint density at radius 3 is 2.48 bits per heavy atom. The summed E-state index contributed by atoms with van der Waals surface area (Å²) < 4.78 is 5.65. The van der Waals surface area contributed by atoms with Crippen molar-refractivity contribution in [3.8, 4) is 0 Å². The molecule has 1 aliphatic rings. The van der Waals surface area contributed by atoms with Gasteiger partial charge in [0.2, 0.25) is 0 Å². The van der Waals surface area contributed by atoms with Gasteiger partial charge in [-0.2, -0.15) is 0 Å². The van der Waals surface area contributed by atoms with Crippen molar-refractivity contribution < 1.29 is 4.74 Å². The molecule has 0 atom stereocenters. The van der Waals surface area contributed by atoms with E-state index in [9.17, 15) is 0 Å². The molecule has 1 aromatic rings. The maximum atomic E-state index is 5.65. The molecule has 2 N–H and O–H groups in total. The quantitative estimate of drug-likeness (QED) is 0.335. The molecule has 0 bridgehead atoms. The lowest BCUT2D eigenvalue weighted by Gasteiger charge is -2.33. The maximum Gasteiger partial charge on any atom is 0.191 e. The van der Waals surface area contributed by atoms with Crippen LogP contribution >= 0.6 is 24.0 Å². The average Bonchev–Trinajstić information content (AvgIpc) is 2.63. The van der Waals surface area contributed by atoms with Gasteiger partial charge in [-0.1, -0.05) is 29.8 Å². The first kappa shape index (κ1) is 24.2. The highest BCUT2D eigenvalue weighted by atomic mass is 127. The van der Waals surface area contributed by atoms with E-state index in [4.69, 9.17) is 4.74 Å². The fourth-order valence-electron chi connectivity index (χ4n) is 3.19. The van der Waals surface area contributed by atoms with Crippen molar-refractivity contribution >= 4 is 29.9 Å². The lowest BCUT2D eigenvalue weighted by atomic mass is 10.1. The molecule has 0 aliphatic carbocycles.